The van der Waals surface area contributed by atoms with Crippen LogP contribution in [0.5, 0.6) is 5.75 Å². The van der Waals surface area contributed by atoms with Crippen molar-refractivity contribution in [3.63, 3.8) is 0 Å². The average Bonchev–Trinajstić information content (AvgIpc) is 3.11. The van der Waals surface area contributed by atoms with Crippen molar-refractivity contribution in [2.24, 2.45) is 15.7 Å². The first-order valence-electron chi connectivity index (χ1n) is 17.8. The molecule has 0 bridgehead atoms. The number of nitrogens with one attached hydrogen (secondary N) is 3. The number of methoxy groups -OCH3 is 1. The fourth-order valence-electron chi connectivity index (χ4n) is 6.27. The summed E-state index contributed by atoms with van der Waals surface area (Å²) in [5.41, 5.74) is 10.5. The summed E-state index contributed by atoms with van der Waals surface area (Å²) in [5, 5.41) is 6.20. The smallest absolute Gasteiger partial charge is 0.255 e. The Morgan fingerprint density at radius 2 is 1.66 bits per heavy atom. The van der Waals surface area contributed by atoms with Gasteiger partial charge in [0.1, 0.15) is 17.4 Å². The molecule has 3 heterocycles. The summed E-state index contributed by atoms with van der Waals surface area (Å²) >= 11 is 0. The van der Waals surface area contributed by atoms with E-state index in [1.165, 1.54) is 13.3 Å². The molecule has 14 nitrogen and oxygen atoms in total. The zero-order valence-electron chi connectivity index (χ0n) is 31.7. The molecule has 53 heavy (non-hydrogen) atoms. The first-order valence-corrected chi connectivity index (χ1v) is 19.7. The van der Waals surface area contributed by atoms with E-state index in [4.69, 9.17) is 20.2 Å². The lowest BCUT2D eigenvalue weighted by molar-refractivity contribution is 0.0315. The second-order valence-corrected chi connectivity index (χ2v) is 16.1. The summed E-state index contributed by atoms with van der Waals surface area (Å²) in [6, 6.07) is 8.74. The van der Waals surface area contributed by atoms with Gasteiger partial charge < -0.3 is 30.7 Å². The minimum atomic E-state index is -3.63. The van der Waals surface area contributed by atoms with Crippen LogP contribution < -0.4 is 25.8 Å². The number of aryl methyl sites for hydroxylation is 1. The number of dihydropyridines is 1. The van der Waals surface area contributed by atoms with Gasteiger partial charge in [0.05, 0.1) is 43.7 Å². The molecule has 0 aromatic heterocycles. The van der Waals surface area contributed by atoms with E-state index in [1.54, 1.807) is 24.3 Å². The van der Waals surface area contributed by atoms with Gasteiger partial charge in [-0.15, -0.1) is 0 Å². The van der Waals surface area contributed by atoms with Crippen molar-refractivity contribution in [1.29, 1.82) is 0 Å². The van der Waals surface area contributed by atoms with Gasteiger partial charge in [-0.2, -0.15) is 0 Å². The Kier molecular flexibility index (Phi) is 12.6. The summed E-state index contributed by atoms with van der Waals surface area (Å²) in [7, 11) is -2.21. The highest BCUT2D eigenvalue weighted by atomic mass is 32.2. The SMILES string of the molecule is C=C/N=C1/C=CC(N2CCN(CCN3CCOCC3)CC2)=N/C1=C(/N)Nc1cc(C(=O)Nc2cc(C(C)(C)C)cc(NS(C)(=O)=O)c2OC)ccc1C. The number of aliphatic imine (C=N–C) groups is 2. The lowest BCUT2D eigenvalue weighted by Gasteiger charge is -2.37. The molecule has 0 atom stereocenters. The van der Waals surface area contributed by atoms with Crippen molar-refractivity contribution in [3.8, 4) is 5.75 Å². The van der Waals surface area contributed by atoms with Crippen LogP contribution in [0.25, 0.3) is 0 Å². The van der Waals surface area contributed by atoms with Crippen LogP contribution in [0.3, 0.4) is 0 Å². The Morgan fingerprint density at radius 3 is 2.28 bits per heavy atom. The van der Waals surface area contributed by atoms with E-state index in [0.717, 1.165) is 88.8 Å². The van der Waals surface area contributed by atoms with E-state index in [0.29, 0.717) is 28.3 Å². The highest BCUT2D eigenvalue weighted by Crippen LogP contribution is 2.39. The van der Waals surface area contributed by atoms with Crippen LogP contribution in [0.15, 0.2) is 76.8 Å². The molecule has 5 rings (SSSR count). The quantitative estimate of drug-likeness (QED) is 0.264. The molecule has 0 radical (unpaired) electrons. The molecule has 2 aromatic carbocycles. The zero-order valence-corrected chi connectivity index (χ0v) is 32.5. The number of ether oxygens (including phenoxy) is 2. The number of piperazine rings is 1. The number of rotatable bonds is 11. The molecule has 286 valence electrons. The molecule has 0 unspecified atom stereocenters. The minimum absolute atomic E-state index is 0.193. The fraction of sp³-hybridized carbons (Fsp3) is 0.447. The van der Waals surface area contributed by atoms with Crippen LogP contribution in [0, 0.1) is 6.92 Å². The Hall–Kier alpha value is -4.70. The zero-order chi connectivity index (χ0) is 38.3. The number of nitrogens with two attached hydrogens (primary N) is 1. The molecule has 1 amide bonds. The van der Waals surface area contributed by atoms with Gasteiger partial charge in [-0.25, -0.2) is 13.4 Å². The first kappa shape index (κ1) is 39.5. The van der Waals surface area contributed by atoms with Gasteiger partial charge in [-0.05, 0) is 59.9 Å². The summed E-state index contributed by atoms with van der Waals surface area (Å²) in [6.07, 6.45) is 6.37. The van der Waals surface area contributed by atoms with Crippen LogP contribution in [-0.4, -0.2) is 120 Å². The molecule has 3 aliphatic heterocycles. The van der Waals surface area contributed by atoms with Gasteiger partial charge in [0.15, 0.2) is 5.75 Å². The molecule has 0 aliphatic carbocycles. The third-order valence-corrected chi connectivity index (χ3v) is 9.94. The number of amides is 1. The molecule has 5 N–H and O–H groups in total. The van der Waals surface area contributed by atoms with Crippen LogP contribution in [0.1, 0.15) is 42.3 Å². The number of benzene rings is 2. The largest absolute Gasteiger partial charge is 0.492 e. The molecule has 2 aromatic rings. The van der Waals surface area contributed by atoms with Crippen molar-refractivity contribution in [3.05, 3.63) is 83.5 Å². The number of amidine groups is 1. The second kappa shape index (κ2) is 17.0. The number of carbonyl (C=O) groups is 1. The van der Waals surface area contributed by atoms with E-state index < -0.39 is 15.9 Å². The van der Waals surface area contributed by atoms with Gasteiger partial charge in [0.25, 0.3) is 5.91 Å². The third kappa shape index (κ3) is 10.5. The van der Waals surface area contributed by atoms with E-state index in [9.17, 15) is 13.2 Å². The average molecular weight is 748 g/mol. The lowest BCUT2D eigenvalue weighted by atomic mass is 9.86. The van der Waals surface area contributed by atoms with Crippen molar-refractivity contribution in [2.75, 3.05) is 94.3 Å². The number of hydrogen-bond donors (Lipinski definition) is 4. The number of morpholine rings is 1. The third-order valence-electron chi connectivity index (χ3n) is 9.35. The Bertz CT molecular complexity index is 1920. The lowest BCUT2D eigenvalue weighted by Crippen LogP contribution is -2.51. The fourth-order valence-corrected chi connectivity index (χ4v) is 6.82. The molecule has 15 heteroatoms. The topological polar surface area (TPSA) is 166 Å². The van der Waals surface area contributed by atoms with Crippen LogP contribution in [-0.2, 0) is 20.2 Å². The normalized spacial score (nSPS) is 19.1. The Morgan fingerprint density at radius 1 is 1.00 bits per heavy atom. The van der Waals surface area contributed by atoms with Crippen LogP contribution >= 0.6 is 0 Å². The van der Waals surface area contributed by atoms with Gasteiger partial charge in [0, 0.05) is 69.8 Å². The molecule has 0 spiro atoms. The number of hydrogen-bond acceptors (Lipinski definition) is 12. The summed E-state index contributed by atoms with van der Waals surface area (Å²) in [6.45, 7) is 20.9. The van der Waals surface area contributed by atoms with Crippen molar-refractivity contribution < 1.29 is 22.7 Å². The van der Waals surface area contributed by atoms with E-state index in [2.05, 4.69) is 41.6 Å². The predicted molar refractivity (Wildman–Crippen MR) is 214 cm³/mol. The van der Waals surface area contributed by atoms with E-state index in [1.807, 2.05) is 45.9 Å². The number of anilines is 3. The van der Waals surface area contributed by atoms with E-state index >= 15 is 0 Å². The van der Waals surface area contributed by atoms with E-state index in [-0.39, 0.29) is 22.7 Å². The van der Waals surface area contributed by atoms with Gasteiger partial charge in [-0.3, -0.25) is 24.3 Å². The van der Waals surface area contributed by atoms with Crippen LogP contribution in [0.2, 0.25) is 0 Å². The summed E-state index contributed by atoms with van der Waals surface area (Å²) in [4.78, 5) is 30.3. The van der Waals surface area contributed by atoms with Crippen molar-refractivity contribution in [1.82, 2.24) is 14.7 Å². The number of allylic oxidation sites excluding steroid dienone is 1. The van der Waals surface area contributed by atoms with Crippen molar-refractivity contribution >= 4 is 44.5 Å². The highest BCUT2D eigenvalue weighted by Gasteiger charge is 2.25. The Labute approximate surface area is 313 Å². The molecule has 0 saturated carbocycles. The minimum Gasteiger partial charge on any atom is -0.492 e. The Balaban J connectivity index is 1.34. The maximum Gasteiger partial charge on any atom is 0.255 e. The van der Waals surface area contributed by atoms with Gasteiger partial charge >= 0.3 is 0 Å². The van der Waals surface area contributed by atoms with Gasteiger partial charge in [-0.1, -0.05) is 33.4 Å². The molecule has 2 saturated heterocycles. The predicted octanol–water partition coefficient (Wildman–Crippen LogP) is 3.97. The van der Waals surface area contributed by atoms with Crippen LogP contribution in [0.4, 0.5) is 17.1 Å². The molecular formula is C38H53N9O5S. The number of carbonyl (C=O) groups excluding carboxylic acids is 1. The molecule has 3 aliphatic rings. The number of sulfonamides is 1. The summed E-state index contributed by atoms with van der Waals surface area (Å²) in [5.74, 6) is 0.849. The first-order chi connectivity index (χ1) is 25.1. The highest BCUT2D eigenvalue weighted by molar-refractivity contribution is 7.92. The van der Waals surface area contributed by atoms with Gasteiger partial charge in [0.2, 0.25) is 10.0 Å². The second-order valence-electron chi connectivity index (χ2n) is 14.4. The monoisotopic (exact) mass is 747 g/mol. The van der Waals surface area contributed by atoms with Crippen molar-refractivity contribution in [2.45, 2.75) is 33.1 Å². The maximum atomic E-state index is 13.7. The standard InChI is InChI=1S/C38H53N9O5S/c1-8-40-29-11-12-33(47-17-15-45(16-18-47)13-14-46-19-21-52-22-20-46)43-34(29)36(39)41-30-23-27(10-9-26(30)2)37(48)42-31-24-28(38(3,4)5)25-32(35(31)51-6)44-53(7,49)50/h8-12,23-25,41,44H,1,13-22,39H2,2-7H3,(H,42,48)/b36-34-,40-29-. The summed E-state index contributed by atoms with van der Waals surface area (Å²) < 4.78 is 38.0. The maximum absolute atomic E-state index is 13.7. The molecular weight excluding hydrogens is 695 g/mol. The molecule has 2 fully saturated rings. The number of nitrogens with zero attached hydrogens (tertiary/aromatic N) is 5.